The molecule has 2 aromatic rings. The Morgan fingerprint density at radius 3 is 2.68 bits per heavy atom. The molecule has 0 aliphatic rings. The number of carbonyl (C=O) groups is 2. The summed E-state index contributed by atoms with van der Waals surface area (Å²) in [6.07, 6.45) is -0.937. The number of carbonyl (C=O) groups excluding carboxylic acids is 1. The summed E-state index contributed by atoms with van der Waals surface area (Å²) in [5, 5.41) is 15.3. The molecule has 0 saturated heterocycles. The smallest absolute Gasteiger partial charge is 0.407 e. The fourth-order valence-corrected chi connectivity index (χ4v) is 2.54. The van der Waals surface area contributed by atoms with E-state index in [0.29, 0.717) is 10.6 Å². The molecule has 0 fully saturated rings. The van der Waals surface area contributed by atoms with Crippen LogP contribution in [-0.4, -0.2) is 26.8 Å². The largest absolute Gasteiger partial charge is 0.481 e. The molecule has 0 aliphatic carbocycles. The summed E-state index contributed by atoms with van der Waals surface area (Å²) in [4.78, 5) is 23.4. The zero-order valence-corrected chi connectivity index (χ0v) is 12.7. The Kier molecular flexibility index (Phi) is 5.42. The van der Waals surface area contributed by atoms with E-state index in [4.69, 9.17) is 9.84 Å². The highest BCUT2D eigenvalue weighted by atomic mass is 32.1. The maximum atomic E-state index is 11.9. The molecule has 8 heteroatoms. The van der Waals surface area contributed by atoms with E-state index in [1.165, 1.54) is 0 Å². The van der Waals surface area contributed by atoms with Gasteiger partial charge in [0, 0.05) is 0 Å². The molecule has 0 unspecified atom stereocenters. The van der Waals surface area contributed by atoms with Crippen molar-refractivity contribution in [2.75, 3.05) is 0 Å². The van der Waals surface area contributed by atoms with E-state index < -0.39 is 18.1 Å². The Bertz CT molecular complexity index is 645. The SMILES string of the molecule is Cc1nnsc1[C@H](CC(=O)O)NC(=O)OCc1ccccc1. The van der Waals surface area contributed by atoms with Crippen molar-refractivity contribution in [1.29, 1.82) is 0 Å². The van der Waals surface area contributed by atoms with E-state index in [2.05, 4.69) is 14.9 Å². The van der Waals surface area contributed by atoms with Crippen molar-refractivity contribution in [3.63, 3.8) is 0 Å². The third-order valence-electron chi connectivity index (χ3n) is 2.89. The van der Waals surface area contributed by atoms with E-state index in [9.17, 15) is 9.59 Å². The predicted octanol–water partition coefficient (Wildman–Crippen LogP) is 2.29. The number of hydrogen-bond donors (Lipinski definition) is 2. The van der Waals surface area contributed by atoms with Crippen LogP contribution in [0.1, 0.15) is 28.6 Å². The quantitative estimate of drug-likeness (QED) is 0.846. The molecule has 0 aliphatic heterocycles. The summed E-state index contributed by atoms with van der Waals surface area (Å²) in [6, 6.07) is 8.51. The number of nitrogens with one attached hydrogen (secondary N) is 1. The van der Waals surface area contributed by atoms with Crippen LogP contribution in [-0.2, 0) is 16.1 Å². The van der Waals surface area contributed by atoms with Gasteiger partial charge in [0.1, 0.15) is 6.61 Å². The third kappa shape index (κ3) is 4.52. The molecule has 7 nitrogen and oxygen atoms in total. The summed E-state index contributed by atoms with van der Waals surface area (Å²) >= 11 is 1.06. The fourth-order valence-electron chi connectivity index (χ4n) is 1.85. The number of aromatic nitrogens is 2. The topological polar surface area (TPSA) is 101 Å². The van der Waals surface area contributed by atoms with Gasteiger partial charge in [-0.3, -0.25) is 4.79 Å². The maximum absolute atomic E-state index is 11.9. The monoisotopic (exact) mass is 321 g/mol. The normalized spacial score (nSPS) is 11.7. The van der Waals surface area contributed by atoms with Crippen molar-refractivity contribution in [3.05, 3.63) is 46.5 Å². The second-order valence-electron chi connectivity index (χ2n) is 4.58. The lowest BCUT2D eigenvalue weighted by Crippen LogP contribution is -2.30. The number of carboxylic acids is 1. The highest BCUT2D eigenvalue weighted by molar-refractivity contribution is 7.05. The molecule has 1 aromatic heterocycles. The lowest BCUT2D eigenvalue weighted by Gasteiger charge is -2.15. The Labute approximate surface area is 131 Å². The maximum Gasteiger partial charge on any atom is 0.407 e. The number of aryl methyl sites for hydroxylation is 1. The Hall–Kier alpha value is -2.48. The minimum Gasteiger partial charge on any atom is -0.481 e. The zero-order chi connectivity index (χ0) is 15.9. The first-order valence-corrected chi connectivity index (χ1v) is 7.31. The van der Waals surface area contributed by atoms with E-state index in [1.54, 1.807) is 6.92 Å². The van der Waals surface area contributed by atoms with Crippen molar-refractivity contribution < 1.29 is 19.4 Å². The van der Waals surface area contributed by atoms with Crippen molar-refractivity contribution in [1.82, 2.24) is 14.9 Å². The lowest BCUT2D eigenvalue weighted by atomic mass is 10.1. The summed E-state index contributed by atoms with van der Waals surface area (Å²) in [5.41, 5.74) is 1.45. The molecule has 1 atom stereocenters. The number of benzene rings is 1. The van der Waals surface area contributed by atoms with Crippen molar-refractivity contribution in [3.8, 4) is 0 Å². The van der Waals surface area contributed by atoms with Crippen LogP contribution in [0.2, 0.25) is 0 Å². The van der Waals surface area contributed by atoms with Crippen LogP contribution in [0.3, 0.4) is 0 Å². The minimum absolute atomic E-state index is 0.117. The van der Waals surface area contributed by atoms with E-state index >= 15 is 0 Å². The first kappa shape index (κ1) is 15.9. The van der Waals surface area contributed by atoms with Crippen molar-refractivity contribution in [2.45, 2.75) is 26.0 Å². The van der Waals surface area contributed by atoms with E-state index in [0.717, 1.165) is 17.1 Å². The van der Waals surface area contributed by atoms with Crippen LogP contribution in [0.25, 0.3) is 0 Å². The third-order valence-corrected chi connectivity index (χ3v) is 3.83. The second kappa shape index (κ2) is 7.51. The number of hydrogen-bond acceptors (Lipinski definition) is 6. The van der Waals surface area contributed by atoms with Gasteiger partial charge in [0.05, 0.1) is 23.0 Å². The highest BCUT2D eigenvalue weighted by Gasteiger charge is 2.23. The van der Waals surface area contributed by atoms with Gasteiger partial charge >= 0.3 is 12.1 Å². The molecule has 1 amide bonds. The number of ether oxygens (including phenoxy) is 1. The molecule has 0 bridgehead atoms. The first-order chi connectivity index (χ1) is 10.6. The summed E-state index contributed by atoms with van der Waals surface area (Å²) in [6.45, 7) is 1.83. The second-order valence-corrected chi connectivity index (χ2v) is 5.36. The summed E-state index contributed by atoms with van der Waals surface area (Å²) in [5.74, 6) is -1.03. The highest BCUT2D eigenvalue weighted by Crippen LogP contribution is 2.23. The standard InChI is InChI=1S/C14H15N3O4S/c1-9-13(22-17-16-9)11(7-12(18)19)15-14(20)21-8-10-5-3-2-4-6-10/h2-6,11H,7-8H2,1H3,(H,15,20)(H,18,19)/t11-/m0/s1. The molecule has 2 N–H and O–H groups in total. The molecule has 1 heterocycles. The molecule has 0 spiro atoms. The number of amides is 1. The van der Waals surface area contributed by atoms with Crippen molar-refractivity contribution >= 4 is 23.6 Å². The van der Waals surface area contributed by atoms with Gasteiger partial charge in [0.15, 0.2) is 0 Å². The van der Waals surface area contributed by atoms with Crippen LogP contribution in [0.4, 0.5) is 4.79 Å². The van der Waals surface area contributed by atoms with Gasteiger partial charge in [-0.15, -0.1) is 5.10 Å². The molecule has 22 heavy (non-hydrogen) atoms. The predicted molar refractivity (Wildman–Crippen MR) is 79.4 cm³/mol. The molecule has 116 valence electrons. The van der Waals surface area contributed by atoms with Gasteiger partial charge < -0.3 is 15.2 Å². The lowest BCUT2D eigenvalue weighted by molar-refractivity contribution is -0.137. The molecule has 1 aromatic carbocycles. The first-order valence-electron chi connectivity index (χ1n) is 6.54. The Morgan fingerprint density at radius 1 is 1.36 bits per heavy atom. The van der Waals surface area contributed by atoms with Crippen LogP contribution < -0.4 is 5.32 Å². The van der Waals surface area contributed by atoms with Crippen LogP contribution in [0, 0.1) is 6.92 Å². The zero-order valence-electron chi connectivity index (χ0n) is 11.9. The number of aliphatic carboxylic acids is 1. The average Bonchev–Trinajstić information content (AvgIpc) is 2.91. The molecular weight excluding hydrogens is 306 g/mol. The number of nitrogens with zero attached hydrogens (tertiary/aromatic N) is 2. The Balaban J connectivity index is 1.96. The van der Waals surface area contributed by atoms with Gasteiger partial charge in [0.2, 0.25) is 0 Å². The minimum atomic E-state index is -1.03. The summed E-state index contributed by atoms with van der Waals surface area (Å²) in [7, 11) is 0. The van der Waals surface area contributed by atoms with Gasteiger partial charge in [-0.2, -0.15) is 0 Å². The Morgan fingerprint density at radius 2 is 2.09 bits per heavy atom. The molecule has 2 rings (SSSR count). The molecule has 0 radical (unpaired) electrons. The van der Waals surface area contributed by atoms with E-state index in [1.807, 2.05) is 30.3 Å². The fraction of sp³-hybridized carbons (Fsp3) is 0.286. The van der Waals surface area contributed by atoms with Gasteiger partial charge in [-0.05, 0) is 24.0 Å². The van der Waals surface area contributed by atoms with Crippen LogP contribution in [0.5, 0.6) is 0 Å². The van der Waals surface area contributed by atoms with Crippen molar-refractivity contribution in [2.24, 2.45) is 0 Å². The van der Waals surface area contributed by atoms with Gasteiger partial charge in [-0.25, -0.2) is 4.79 Å². The number of rotatable bonds is 6. The van der Waals surface area contributed by atoms with Gasteiger partial charge in [-0.1, -0.05) is 34.8 Å². The number of alkyl carbamates (subject to hydrolysis) is 1. The molecule has 0 saturated carbocycles. The van der Waals surface area contributed by atoms with Gasteiger partial charge in [0.25, 0.3) is 0 Å². The average molecular weight is 321 g/mol. The van der Waals surface area contributed by atoms with E-state index in [-0.39, 0.29) is 13.0 Å². The van der Waals surface area contributed by atoms with Crippen LogP contribution in [0.15, 0.2) is 30.3 Å². The number of carboxylic acid groups (broad SMARTS) is 1. The summed E-state index contributed by atoms with van der Waals surface area (Å²) < 4.78 is 8.86. The van der Waals surface area contributed by atoms with Crippen LogP contribution >= 0.6 is 11.5 Å². The molecular formula is C14H15N3O4S.